The van der Waals surface area contributed by atoms with E-state index in [1.807, 2.05) is 12.1 Å². The topological polar surface area (TPSA) is 106 Å². The Kier molecular flexibility index (Phi) is 6.05. The molecular formula is C15H21N3O3. The van der Waals surface area contributed by atoms with Crippen molar-refractivity contribution in [3.8, 4) is 0 Å². The van der Waals surface area contributed by atoms with E-state index in [-0.39, 0.29) is 25.4 Å². The first-order valence-corrected chi connectivity index (χ1v) is 6.71. The molecule has 6 heteroatoms. The van der Waals surface area contributed by atoms with Crippen LogP contribution in [0.3, 0.4) is 0 Å². The summed E-state index contributed by atoms with van der Waals surface area (Å²) in [5.41, 5.74) is 11.8. The highest BCUT2D eigenvalue weighted by Gasteiger charge is 2.16. The Bertz CT molecular complexity index is 507. The minimum Gasteiger partial charge on any atom is -0.369 e. The average molecular weight is 291 g/mol. The van der Waals surface area contributed by atoms with E-state index in [0.717, 1.165) is 5.56 Å². The summed E-state index contributed by atoms with van der Waals surface area (Å²) in [5, 5.41) is 0. The van der Waals surface area contributed by atoms with Crippen LogP contribution < -0.4 is 11.5 Å². The van der Waals surface area contributed by atoms with E-state index in [9.17, 15) is 14.4 Å². The number of Topliss-reactive ketones (excluding diaryl/α,β-unsaturated/α-hetero) is 1. The lowest BCUT2D eigenvalue weighted by molar-refractivity contribution is -0.121. The number of rotatable bonds is 8. The molecule has 4 N–H and O–H groups in total. The number of amides is 2. The van der Waals surface area contributed by atoms with Crippen molar-refractivity contribution in [2.45, 2.75) is 19.8 Å². The van der Waals surface area contributed by atoms with Crippen molar-refractivity contribution in [2.75, 3.05) is 19.6 Å². The molecule has 1 aromatic carbocycles. The van der Waals surface area contributed by atoms with Gasteiger partial charge in [-0.2, -0.15) is 0 Å². The lowest BCUT2D eigenvalue weighted by Crippen LogP contribution is -2.42. The Labute approximate surface area is 124 Å². The van der Waals surface area contributed by atoms with Gasteiger partial charge in [0.25, 0.3) is 0 Å². The Morgan fingerprint density at radius 3 is 1.81 bits per heavy atom. The first-order valence-electron chi connectivity index (χ1n) is 6.71. The van der Waals surface area contributed by atoms with E-state index < -0.39 is 11.8 Å². The predicted molar refractivity (Wildman–Crippen MR) is 79.7 cm³/mol. The quantitative estimate of drug-likeness (QED) is 0.670. The minimum absolute atomic E-state index is 0.0765. The molecule has 6 nitrogen and oxygen atoms in total. The lowest BCUT2D eigenvalue weighted by Gasteiger charge is -2.18. The van der Waals surface area contributed by atoms with Crippen LogP contribution in [0.5, 0.6) is 0 Å². The van der Waals surface area contributed by atoms with Crippen molar-refractivity contribution in [1.29, 1.82) is 0 Å². The maximum absolute atomic E-state index is 12.2. The zero-order valence-corrected chi connectivity index (χ0v) is 12.3. The van der Waals surface area contributed by atoms with E-state index in [0.29, 0.717) is 11.5 Å². The van der Waals surface area contributed by atoms with Crippen LogP contribution in [-0.2, 0) is 9.59 Å². The van der Waals surface area contributed by atoms with Crippen molar-refractivity contribution in [3.63, 3.8) is 0 Å². The van der Waals surface area contributed by atoms with E-state index in [1.54, 1.807) is 12.1 Å². The predicted octanol–water partition coefficient (Wildman–Crippen LogP) is 0.265. The molecule has 0 unspecified atom stereocenters. The van der Waals surface area contributed by atoms with Gasteiger partial charge in [-0.25, -0.2) is 0 Å². The molecule has 0 saturated heterocycles. The number of carbonyl (C=O) groups is 3. The molecule has 0 atom stereocenters. The van der Waals surface area contributed by atoms with Gasteiger partial charge in [0.1, 0.15) is 0 Å². The van der Waals surface area contributed by atoms with E-state index >= 15 is 0 Å². The van der Waals surface area contributed by atoms with E-state index in [1.165, 1.54) is 4.90 Å². The highest BCUT2D eigenvalue weighted by Crippen LogP contribution is 2.15. The standard InChI is InChI=1S/C15H21N3O3/c1-10(2)11-3-5-12(6-4-11)13(19)7-18(8-14(16)20)9-15(17)21/h3-6,10H,7-9H2,1-2H3,(H2,16,20)(H2,17,21). The highest BCUT2D eigenvalue weighted by molar-refractivity contribution is 5.98. The van der Waals surface area contributed by atoms with Crippen LogP contribution in [0.2, 0.25) is 0 Å². The molecule has 0 aliphatic carbocycles. The summed E-state index contributed by atoms with van der Waals surface area (Å²) in [7, 11) is 0. The number of nitrogens with zero attached hydrogens (tertiary/aromatic N) is 1. The smallest absolute Gasteiger partial charge is 0.231 e. The normalized spacial score (nSPS) is 10.9. The number of benzene rings is 1. The molecule has 21 heavy (non-hydrogen) atoms. The van der Waals surface area contributed by atoms with Gasteiger partial charge in [-0.05, 0) is 11.5 Å². The van der Waals surface area contributed by atoms with Gasteiger partial charge in [0.2, 0.25) is 11.8 Å². The van der Waals surface area contributed by atoms with Crippen LogP contribution >= 0.6 is 0 Å². The van der Waals surface area contributed by atoms with Crippen molar-refractivity contribution < 1.29 is 14.4 Å². The third-order valence-electron chi connectivity index (χ3n) is 3.03. The third-order valence-corrected chi connectivity index (χ3v) is 3.03. The fourth-order valence-corrected chi connectivity index (χ4v) is 1.96. The molecule has 0 saturated carbocycles. The maximum atomic E-state index is 12.2. The summed E-state index contributed by atoms with van der Waals surface area (Å²) in [6, 6.07) is 7.27. The second kappa shape index (κ2) is 7.54. The highest BCUT2D eigenvalue weighted by atomic mass is 16.2. The lowest BCUT2D eigenvalue weighted by atomic mass is 10.0. The maximum Gasteiger partial charge on any atom is 0.231 e. The molecule has 0 aliphatic heterocycles. The van der Waals surface area contributed by atoms with Crippen LogP contribution in [-0.4, -0.2) is 42.1 Å². The summed E-state index contributed by atoms with van der Waals surface area (Å²) in [5.74, 6) is -1.03. The second-order valence-corrected chi connectivity index (χ2v) is 5.28. The Hall–Kier alpha value is -2.21. The molecule has 0 fully saturated rings. The van der Waals surface area contributed by atoms with Gasteiger partial charge in [0.15, 0.2) is 5.78 Å². The monoisotopic (exact) mass is 291 g/mol. The van der Waals surface area contributed by atoms with Gasteiger partial charge in [0, 0.05) is 5.56 Å². The molecule has 1 aromatic rings. The molecular weight excluding hydrogens is 270 g/mol. The summed E-state index contributed by atoms with van der Waals surface area (Å²) in [6.45, 7) is 3.70. The van der Waals surface area contributed by atoms with Crippen molar-refractivity contribution in [1.82, 2.24) is 4.90 Å². The number of ketones is 1. The second-order valence-electron chi connectivity index (χ2n) is 5.28. The van der Waals surface area contributed by atoms with E-state index in [4.69, 9.17) is 11.5 Å². The van der Waals surface area contributed by atoms with Crippen molar-refractivity contribution in [2.24, 2.45) is 11.5 Å². The summed E-state index contributed by atoms with van der Waals surface area (Å²) in [6.07, 6.45) is 0. The number of hydrogen-bond acceptors (Lipinski definition) is 4. The average Bonchev–Trinajstić information content (AvgIpc) is 2.37. The van der Waals surface area contributed by atoms with Crippen LogP contribution in [0.4, 0.5) is 0 Å². The van der Waals surface area contributed by atoms with E-state index in [2.05, 4.69) is 13.8 Å². The van der Waals surface area contributed by atoms with Gasteiger partial charge < -0.3 is 11.5 Å². The molecule has 0 radical (unpaired) electrons. The third kappa shape index (κ3) is 5.74. The fourth-order valence-electron chi connectivity index (χ4n) is 1.96. The molecule has 2 amide bonds. The molecule has 0 spiro atoms. The fraction of sp³-hybridized carbons (Fsp3) is 0.400. The SMILES string of the molecule is CC(C)c1ccc(C(=O)CN(CC(N)=O)CC(N)=O)cc1. The Balaban J connectivity index is 2.76. The van der Waals surface area contributed by atoms with Crippen LogP contribution in [0, 0.1) is 0 Å². The molecule has 114 valence electrons. The van der Waals surface area contributed by atoms with Gasteiger partial charge in [-0.3, -0.25) is 19.3 Å². The number of hydrogen-bond donors (Lipinski definition) is 2. The van der Waals surface area contributed by atoms with Crippen molar-refractivity contribution in [3.05, 3.63) is 35.4 Å². The van der Waals surface area contributed by atoms with Gasteiger partial charge >= 0.3 is 0 Å². The zero-order chi connectivity index (χ0) is 16.0. The van der Waals surface area contributed by atoms with Crippen LogP contribution in [0.15, 0.2) is 24.3 Å². The largest absolute Gasteiger partial charge is 0.369 e. The van der Waals surface area contributed by atoms with Crippen molar-refractivity contribution >= 4 is 17.6 Å². The molecule has 0 aliphatic rings. The summed E-state index contributed by atoms with van der Waals surface area (Å²) >= 11 is 0. The van der Waals surface area contributed by atoms with Gasteiger partial charge in [-0.1, -0.05) is 38.1 Å². The number of carbonyl (C=O) groups excluding carboxylic acids is 3. The first-order chi connectivity index (χ1) is 9.79. The Morgan fingerprint density at radius 2 is 1.43 bits per heavy atom. The molecule has 0 bridgehead atoms. The minimum atomic E-state index is -0.612. The van der Waals surface area contributed by atoms with Gasteiger partial charge in [-0.15, -0.1) is 0 Å². The number of primary amides is 2. The summed E-state index contributed by atoms with van der Waals surface area (Å²) in [4.78, 5) is 35.4. The van der Waals surface area contributed by atoms with Crippen LogP contribution in [0.25, 0.3) is 0 Å². The Morgan fingerprint density at radius 1 is 0.952 bits per heavy atom. The molecule has 0 aromatic heterocycles. The van der Waals surface area contributed by atoms with Gasteiger partial charge in [0.05, 0.1) is 19.6 Å². The molecule has 0 heterocycles. The zero-order valence-electron chi connectivity index (χ0n) is 12.3. The molecule has 1 rings (SSSR count). The first kappa shape index (κ1) is 16.8. The summed E-state index contributed by atoms with van der Waals surface area (Å²) < 4.78 is 0. The number of nitrogens with two attached hydrogens (primary N) is 2. The van der Waals surface area contributed by atoms with Crippen LogP contribution in [0.1, 0.15) is 35.7 Å².